The van der Waals surface area contributed by atoms with Gasteiger partial charge in [0.1, 0.15) is 0 Å². The average Bonchev–Trinajstić information content (AvgIpc) is 3.10. The van der Waals surface area contributed by atoms with Crippen LogP contribution in [0.2, 0.25) is 0 Å². The standard InChI is InChI=1S/C15H11N3O3S/c1-2-6-18-13(20)10-4-3-9(8-11(10)14(18)21)12(19)17-15-16-5-7-22-15/h2-5,7-8H,1,6H2,(H,16,17,19). The Morgan fingerprint density at radius 1 is 1.32 bits per heavy atom. The van der Waals surface area contributed by atoms with Crippen molar-refractivity contribution in [3.63, 3.8) is 0 Å². The fourth-order valence-corrected chi connectivity index (χ4v) is 2.71. The zero-order chi connectivity index (χ0) is 15.7. The number of nitrogens with one attached hydrogen (secondary N) is 1. The quantitative estimate of drug-likeness (QED) is 0.693. The Morgan fingerprint density at radius 3 is 2.77 bits per heavy atom. The minimum atomic E-state index is -0.413. The van der Waals surface area contributed by atoms with Gasteiger partial charge in [-0.2, -0.15) is 0 Å². The summed E-state index contributed by atoms with van der Waals surface area (Å²) >= 11 is 1.30. The molecule has 1 aliphatic heterocycles. The first-order valence-corrected chi connectivity index (χ1v) is 7.31. The van der Waals surface area contributed by atoms with Gasteiger partial charge in [0, 0.05) is 23.7 Å². The van der Waals surface area contributed by atoms with Crippen LogP contribution in [0.5, 0.6) is 0 Å². The van der Waals surface area contributed by atoms with Crippen molar-refractivity contribution < 1.29 is 14.4 Å². The van der Waals surface area contributed by atoms with Crippen molar-refractivity contribution in [1.29, 1.82) is 0 Å². The van der Waals surface area contributed by atoms with Crippen LogP contribution in [-0.2, 0) is 0 Å². The monoisotopic (exact) mass is 313 g/mol. The second-order valence-electron chi connectivity index (χ2n) is 4.56. The van der Waals surface area contributed by atoms with Crippen molar-refractivity contribution in [1.82, 2.24) is 9.88 Å². The molecular weight excluding hydrogens is 302 g/mol. The van der Waals surface area contributed by atoms with E-state index in [-0.39, 0.29) is 23.9 Å². The van der Waals surface area contributed by atoms with E-state index in [9.17, 15) is 14.4 Å². The zero-order valence-corrected chi connectivity index (χ0v) is 12.2. The topological polar surface area (TPSA) is 79.4 Å². The number of amides is 3. The Morgan fingerprint density at radius 2 is 2.09 bits per heavy atom. The highest BCUT2D eigenvalue weighted by molar-refractivity contribution is 7.13. The number of hydrogen-bond acceptors (Lipinski definition) is 5. The molecule has 0 aliphatic carbocycles. The van der Waals surface area contributed by atoms with Gasteiger partial charge >= 0.3 is 0 Å². The highest BCUT2D eigenvalue weighted by Crippen LogP contribution is 2.24. The maximum Gasteiger partial charge on any atom is 0.261 e. The molecule has 0 saturated heterocycles. The molecule has 0 radical (unpaired) electrons. The Labute approximate surface area is 130 Å². The van der Waals surface area contributed by atoms with Crippen LogP contribution in [-0.4, -0.2) is 34.2 Å². The molecule has 6 nitrogen and oxygen atoms in total. The van der Waals surface area contributed by atoms with Crippen LogP contribution in [0, 0.1) is 0 Å². The SMILES string of the molecule is C=CCN1C(=O)c2ccc(C(=O)Nc3nccs3)cc2C1=O. The molecule has 3 rings (SSSR count). The van der Waals surface area contributed by atoms with Crippen molar-refractivity contribution >= 4 is 34.2 Å². The average molecular weight is 313 g/mol. The van der Waals surface area contributed by atoms with Gasteiger partial charge in [0.25, 0.3) is 17.7 Å². The lowest BCUT2D eigenvalue weighted by atomic mass is 10.1. The number of hydrogen-bond donors (Lipinski definition) is 1. The van der Waals surface area contributed by atoms with E-state index in [1.165, 1.54) is 35.6 Å². The largest absolute Gasteiger partial charge is 0.298 e. The number of fused-ring (bicyclic) bond motifs is 1. The Bertz CT molecular complexity index is 783. The van der Waals surface area contributed by atoms with E-state index in [0.29, 0.717) is 16.3 Å². The molecule has 2 heterocycles. The predicted octanol–water partition coefficient (Wildman–Crippen LogP) is 2.18. The smallest absolute Gasteiger partial charge is 0.261 e. The second kappa shape index (κ2) is 5.53. The number of nitrogens with zero attached hydrogens (tertiary/aromatic N) is 2. The van der Waals surface area contributed by atoms with Crippen LogP contribution in [0.4, 0.5) is 5.13 Å². The number of thiazole rings is 1. The summed E-state index contributed by atoms with van der Waals surface area (Å²) in [6, 6.07) is 4.45. The molecule has 110 valence electrons. The van der Waals surface area contributed by atoms with E-state index in [1.54, 1.807) is 11.6 Å². The molecule has 1 aromatic heterocycles. The summed E-state index contributed by atoms with van der Waals surface area (Å²) in [6.45, 7) is 3.67. The Kier molecular flexibility index (Phi) is 3.56. The first-order chi connectivity index (χ1) is 10.6. The molecule has 22 heavy (non-hydrogen) atoms. The van der Waals surface area contributed by atoms with Gasteiger partial charge in [0.15, 0.2) is 5.13 Å². The van der Waals surface area contributed by atoms with E-state index < -0.39 is 5.91 Å². The van der Waals surface area contributed by atoms with Crippen LogP contribution in [0.3, 0.4) is 0 Å². The second-order valence-corrected chi connectivity index (χ2v) is 5.46. The molecule has 0 fully saturated rings. The third-order valence-corrected chi connectivity index (χ3v) is 3.89. The van der Waals surface area contributed by atoms with Crippen molar-refractivity contribution in [3.8, 4) is 0 Å². The van der Waals surface area contributed by atoms with Crippen LogP contribution < -0.4 is 5.32 Å². The van der Waals surface area contributed by atoms with E-state index in [0.717, 1.165) is 4.90 Å². The number of anilines is 1. The molecule has 0 bridgehead atoms. The lowest BCUT2D eigenvalue weighted by molar-refractivity contribution is 0.0672. The lowest BCUT2D eigenvalue weighted by Crippen LogP contribution is -2.29. The van der Waals surface area contributed by atoms with Gasteiger partial charge in [-0.25, -0.2) is 4.98 Å². The zero-order valence-electron chi connectivity index (χ0n) is 11.4. The van der Waals surface area contributed by atoms with Crippen molar-refractivity contribution in [2.24, 2.45) is 0 Å². The third kappa shape index (κ3) is 2.31. The third-order valence-electron chi connectivity index (χ3n) is 3.20. The van der Waals surface area contributed by atoms with Crippen molar-refractivity contribution in [2.75, 3.05) is 11.9 Å². The fourth-order valence-electron chi connectivity index (χ4n) is 2.18. The molecule has 1 N–H and O–H groups in total. The Hall–Kier alpha value is -2.80. The molecule has 7 heteroatoms. The molecule has 0 spiro atoms. The normalized spacial score (nSPS) is 13.2. The predicted molar refractivity (Wildman–Crippen MR) is 82.1 cm³/mol. The van der Waals surface area contributed by atoms with E-state index in [2.05, 4.69) is 16.9 Å². The number of carbonyl (C=O) groups is 3. The number of rotatable bonds is 4. The van der Waals surface area contributed by atoms with Gasteiger partial charge in [-0.1, -0.05) is 6.08 Å². The molecular formula is C15H11N3O3S. The first-order valence-electron chi connectivity index (χ1n) is 6.44. The molecule has 1 aromatic carbocycles. The minimum Gasteiger partial charge on any atom is -0.298 e. The number of imide groups is 1. The fraction of sp³-hybridized carbons (Fsp3) is 0.0667. The summed E-state index contributed by atoms with van der Waals surface area (Å²) in [6.07, 6.45) is 3.07. The summed E-state index contributed by atoms with van der Waals surface area (Å²) in [5.74, 6) is -1.16. The van der Waals surface area contributed by atoms with Crippen LogP contribution in [0.25, 0.3) is 0 Å². The summed E-state index contributed by atoms with van der Waals surface area (Å²) in [4.78, 5) is 41.5. The summed E-state index contributed by atoms with van der Waals surface area (Å²) in [7, 11) is 0. The van der Waals surface area contributed by atoms with Gasteiger partial charge in [0.05, 0.1) is 11.1 Å². The molecule has 0 unspecified atom stereocenters. The minimum absolute atomic E-state index is 0.146. The van der Waals surface area contributed by atoms with Gasteiger partial charge < -0.3 is 0 Å². The molecule has 2 aromatic rings. The van der Waals surface area contributed by atoms with Crippen LogP contribution in [0.15, 0.2) is 42.4 Å². The molecule has 0 atom stereocenters. The highest BCUT2D eigenvalue weighted by atomic mass is 32.1. The van der Waals surface area contributed by atoms with E-state index >= 15 is 0 Å². The van der Waals surface area contributed by atoms with Crippen LogP contribution >= 0.6 is 11.3 Å². The summed E-state index contributed by atoms with van der Waals surface area (Å²) in [5.41, 5.74) is 0.840. The maximum atomic E-state index is 12.2. The van der Waals surface area contributed by atoms with E-state index in [4.69, 9.17) is 0 Å². The van der Waals surface area contributed by atoms with Crippen LogP contribution in [0.1, 0.15) is 31.1 Å². The van der Waals surface area contributed by atoms with Crippen molar-refractivity contribution in [3.05, 3.63) is 59.1 Å². The van der Waals surface area contributed by atoms with Crippen molar-refractivity contribution in [2.45, 2.75) is 0 Å². The van der Waals surface area contributed by atoms with Gasteiger partial charge in [-0.15, -0.1) is 17.9 Å². The number of carbonyl (C=O) groups excluding carboxylic acids is 3. The molecule has 1 aliphatic rings. The maximum absolute atomic E-state index is 12.2. The number of benzene rings is 1. The van der Waals surface area contributed by atoms with Gasteiger partial charge in [-0.3, -0.25) is 24.6 Å². The highest BCUT2D eigenvalue weighted by Gasteiger charge is 2.35. The lowest BCUT2D eigenvalue weighted by Gasteiger charge is -2.09. The van der Waals surface area contributed by atoms with E-state index in [1.807, 2.05) is 0 Å². The Balaban J connectivity index is 1.89. The number of aromatic nitrogens is 1. The van der Waals surface area contributed by atoms with Gasteiger partial charge in [-0.05, 0) is 18.2 Å². The summed E-state index contributed by atoms with van der Waals surface area (Å²) in [5, 5.41) is 4.85. The molecule has 0 saturated carbocycles. The summed E-state index contributed by atoms with van der Waals surface area (Å²) < 4.78 is 0. The molecule has 3 amide bonds. The van der Waals surface area contributed by atoms with Gasteiger partial charge in [0.2, 0.25) is 0 Å². The first kappa shape index (κ1) is 14.2.